The van der Waals surface area contributed by atoms with E-state index in [9.17, 15) is 9.59 Å². The van der Waals surface area contributed by atoms with Gasteiger partial charge in [-0.05, 0) is 68.6 Å². The number of benzene rings is 1. The zero-order valence-electron chi connectivity index (χ0n) is 14.7. The van der Waals surface area contributed by atoms with Crippen LogP contribution in [0.3, 0.4) is 0 Å². The fraction of sp³-hybridized carbons (Fsp3) is 0.579. The Morgan fingerprint density at radius 1 is 1.15 bits per heavy atom. The van der Waals surface area contributed by atoms with Gasteiger partial charge in [-0.1, -0.05) is 0 Å². The van der Waals surface area contributed by atoms with Crippen molar-refractivity contribution in [3.05, 3.63) is 23.8 Å². The van der Waals surface area contributed by atoms with Gasteiger partial charge in [0.1, 0.15) is 11.0 Å². The van der Waals surface area contributed by atoms with Crippen molar-refractivity contribution in [2.45, 2.75) is 44.1 Å². The Morgan fingerprint density at radius 3 is 2.62 bits per heavy atom. The summed E-state index contributed by atoms with van der Waals surface area (Å²) in [5.41, 5.74) is 1.47. The summed E-state index contributed by atoms with van der Waals surface area (Å²) in [4.78, 5) is 25.5. The molecule has 4 saturated carbocycles. The molecule has 4 aliphatic carbocycles. The zero-order valence-corrected chi connectivity index (χ0v) is 15.5. The van der Waals surface area contributed by atoms with Gasteiger partial charge < -0.3 is 10.1 Å². The molecule has 1 amide bonds. The third-order valence-corrected chi connectivity index (χ3v) is 7.13. The third kappa shape index (κ3) is 2.36. The Kier molecular flexibility index (Phi) is 3.41. The molecule has 4 fully saturated rings. The zero-order chi connectivity index (χ0) is 17.9. The third-order valence-electron chi connectivity index (χ3n) is 6.57. The number of ether oxygens (including phenoxy) is 1. The lowest BCUT2D eigenvalue weighted by atomic mass is 9.47. The van der Waals surface area contributed by atoms with Crippen molar-refractivity contribution < 1.29 is 14.3 Å². The molecule has 2 atom stereocenters. The molecule has 0 saturated heterocycles. The van der Waals surface area contributed by atoms with Gasteiger partial charge in [0.05, 0.1) is 24.3 Å². The van der Waals surface area contributed by atoms with Crippen molar-refractivity contribution in [1.82, 2.24) is 14.1 Å². The first-order valence-corrected chi connectivity index (χ1v) is 9.87. The van der Waals surface area contributed by atoms with Gasteiger partial charge in [0.15, 0.2) is 0 Å². The van der Waals surface area contributed by atoms with Crippen LogP contribution in [0.4, 0.5) is 0 Å². The normalized spacial score (nSPS) is 34.8. The molecule has 6 rings (SSSR count). The van der Waals surface area contributed by atoms with Crippen molar-refractivity contribution in [1.29, 1.82) is 0 Å². The summed E-state index contributed by atoms with van der Waals surface area (Å²) in [5, 5.41) is 3.31. The quantitative estimate of drug-likeness (QED) is 0.839. The molecule has 1 aromatic carbocycles. The molecular formula is C19H21N3O3S. The minimum Gasteiger partial charge on any atom is -0.469 e. The van der Waals surface area contributed by atoms with Crippen molar-refractivity contribution in [2.75, 3.05) is 7.11 Å². The van der Waals surface area contributed by atoms with Crippen LogP contribution in [-0.2, 0) is 9.53 Å². The van der Waals surface area contributed by atoms with E-state index in [1.165, 1.54) is 13.5 Å². The van der Waals surface area contributed by atoms with Crippen LogP contribution in [0.1, 0.15) is 48.9 Å². The van der Waals surface area contributed by atoms with E-state index >= 15 is 0 Å². The molecule has 2 aromatic rings. The standard InChI is InChI=1S/C19H21N3O3S/c1-25-17(24)18-6-11-4-12(7-18)9-19(8-11,10-18)20-16(23)13-2-3-14-15(5-13)22-26-21-14/h2-3,5,11-12H,4,6-10H2,1H3,(H,20,23)/t11-,12-,18?,19?/m0/s1. The lowest BCUT2D eigenvalue weighted by molar-refractivity contribution is -0.171. The summed E-state index contributed by atoms with van der Waals surface area (Å²) < 4.78 is 13.6. The highest BCUT2D eigenvalue weighted by Crippen LogP contribution is 2.62. The number of hydrogen-bond acceptors (Lipinski definition) is 6. The first-order chi connectivity index (χ1) is 12.5. The fourth-order valence-corrected chi connectivity index (χ4v) is 6.62. The van der Waals surface area contributed by atoms with E-state index in [-0.39, 0.29) is 17.4 Å². The number of carbonyl (C=O) groups excluding carboxylic acids is 2. The number of fused-ring (bicyclic) bond motifs is 1. The average molecular weight is 371 g/mol. The molecule has 0 aliphatic heterocycles. The molecule has 7 heteroatoms. The highest BCUT2D eigenvalue weighted by Gasteiger charge is 2.61. The predicted octanol–water partition coefficient (Wildman–Crippen LogP) is 2.93. The lowest BCUT2D eigenvalue weighted by Crippen LogP contribution is -2.64. The summed E-state index contributed by atoms with van der Waals surface area (Å²) in [6.45, 7) is 0. The van der Waals surface area contributed by atoms with Crippen molar-refractivity contribution in [3.8, 4) is 0 Å². The summed E-state index contributed by atoms with van der Waals surface area (Å²) in [6, 6.07) is 5.43. The van der Waals surface area contributed by atoms with E-state index in [2.05, 4.69) is 14.1 Å². The van der Waals surface area contributed by atoms with E-state index in [1.807, 2.05) is 6.07 Å². The van der Waals surface area contributed by atoms with Crippen LogP contribution in [0, 0.1) is 17.3 Å². The Hall–Kier alpha value is -2.02. The highest BCUT2D eigenvalue weighted by atomic mass is 32.1. The highest BCUT2D eigenvalue weighted by molar-refractivity contribution is 7.00. The second kappa shape index (κ2) is 5.49. The van der Waals surface area contributed by atoms with Crippen molar-refractivity contribution >= 4 is 34.6 Å². The second-order valence-electron chi connectivity index (χ2n) is 8.44. The molecule has 1 heterocycles. The Bertz CT molecular complexity index is 894. The van der Waals surface area contributed by atoms with E-state index < -0.39 is 5.41 Å². The van der Waals surface area contributed by atoms with Gasteiger partial charge in [0.25, 0.3) is 5.91 Å². The smallest absolute Gasteiger partial charge is 0.311 e. The van der Waals surface area contributed by atoms with Crippen molar-refractivity contribution in [2.24, 2.45) is 17.3 Å². The van der Waals surface area contributed by atoms with E-state index in [4.69, 9.17) is 4.74 Å². The minimum atomic E-state index is -0.408. The summed E-state index contributed by atoms with van der Waals surface area (Å²) >= 11 is 1.15. The summed E-state index contributed by atoms with van der Waals surface area (Å²) in [6.07, 6.45) is 5.62. The maximum Gasteiger partial charge on any atom is 0.311 e. The molecule has 4 bridgehead atoms. The van der Waals surface area contributed by atoms with Gasteiger partial charge in [0, 0.05) is 11.1 Å². The van der Waals surface area contributed by atoms with Gasteiger partial charge in [-0.3, -0.25) is 9.59 Å². The number of aromatic nitrogens is 2. The number of methoxy groups -OCH3 is 1. The van der Waals surface area contributed by atoms with Crippen LogP contribution in [0.5, 0.6) is 0 Å². The van der Waals surface area contributed by atoms with Crippen LogP contribution >= 0.6 is 11.7 Å². The van der Waals surface area contributed by atoms with Crippen LogP contribution in [0.25, 0.3) is 11.0 Å². The molecule has 136 valence electrons. The number of carbonyl (C=O) groups is 2. The molecular weight excluding hydrogens is 350 g/mol. The second-order valence-corrected chi connectivity index (χ2v) is 8.96. The van der Waals surface area contributed by atoms with Crippen LogP contribution in [-0.4, -0.2) is 33.3 Å². The van der Waals surface area contributed by atoms with E-state index in [1.54, 1.807) is 12.1 Å². The number of rotatable bonds is 3. The van der Waals surface area contributed by atoms with Gasteiger partial charge in [-0.2, -0.15) is 8.75 Å². The predicted molar refractivity (Wildman–Crippen MR) is 96.7 cm³/mol. The Morgan fingerprint density at radius 2 is 1.88 bits per heavy atom. The topological polar surface area (TPSA) is 81.2 Å². The van der Waals surface area contributed by atoms with Gasteiger partial charge in [-0.15, -0.1) is 0 Å². The molecule has 0 unspecified atom stereocenters. The average Bonchev–Trinajstić information content (AvgIpc) is 3.07. The maximum atomic E-state index is 13.0. The number of hydrogen-bond donors (Lipinski definition) is 1. The monoisotopic (exact) mass is 371 g/mol. The number of amides is 1. The number of nitrogens with one attached hydrogen (secondary N) is 1. The van der Waals surface area contributed by atoms with Gasteiger partial charge in [0.2, 0.25) is 0 Å². The van der Waals surface area contributed by atoms with Crippen LogP contribution in [0.15, 0.2) is 18.2 Å². The number of esters is 1. The molecule has 0 spiro atoms. The molecule has 26 heavy (non-hydrogen) atoms. The molecule has 1 N–H and O–H groups in total. The lowest BCUT2D eigenvalue weighted by Gasteiger charge is -2.60. The first-order valence-electron chi connectivity index (χ1n) is 9.14. The van der Waals surface area contributed by atoms with Crippen molar-refractivity contribution in [3.63, 3.8) is 0 Å². The molecule has 6 nitrogen and oxygen atoms in total. The van der Waals surface area contributed by atoms with Gasteiger partial charge in [-0.25, -0.2) is 0 Å². The first kappa shape index (κ1) is 16.2. The Labute approximate surface area is 155 Å². The summed E-state index contributed by atoms with van der Waals surface area (Å²) in [5.74, 6) is 0.823. The maximum absolute atomic E-state index is 13.0. The fourth-order valence-electron chi connectivity index (χ4n) is 6.10. The van der Waals surface area contributed by atoms with E-state index in [0.717, 1.165) is 48.4 Å². The van der Waals surface area contributed by atoms with E-state index in [0.29, 0.717) is 23.8 Å². The van der Waals surface area contributed by atoms with Crippen LogP contribution in [0.2, 0.25) is 0 Å². The van der Waals surface area contributed by atoms with Crippen LogP contribution < -0.4 is 5.32 Å². The molecule has 1 aromatic heterocycles. The Balaban J connectivity index is 1.44. The minimum absolute atomic E-state index is 0.0816. The number of nitrogens with zero attached hydrogens (tertiary/aromatic N) is 2. The molecule has 0 radical (unpaired) electrons. The summed E-state index contributed by atoms with van der Waals surface area (Å²) in [7, 11) is 1.48. The SMILES string of the molecule is COC(=O)C12C[C@@H]3C[C@H](CC(NC(=O)c4ccc5nsnc5c4)(C3)C1)C2. The largest absolute Gasteiger partial charge is 0.469 e. The molecule has 4 aliphatic rings. The van der Waals surface area contributed by atoms with Gasteiger partial charge >= 0.3 is 5.97 Å².